The minimum Gasteiger partial charge on any atom is -0.328 e. The van der Waals surface area contributed by atoms with Crippen molar-refractivity contribution in [2.45, 2.75) is 57.9 Å². The highest BCUT2D eigenvalue weighted by Gasteiger charge is 2.47. The maximum Gasteiger partial charge on any atom is 0.243 e. The van der Waals surface area contributed by atoms with Crippen LogP contribution in [0.5, 0.6) is 0 Å². The fourth-order valence-corrected chi connectivity index (χ4v) is 2.94. The molecule has 2 aliphatic rings. The second kappa shape index (κ2) is 4.74. The molecule has 3 heteroatoms. The molecule has 0 atom stereocenters. The molecule has 1 aliphatic heterocycles. The Bertz CT molecular complexity index is 257. The zero-order valence-corrected chi connectivity index (χ0v) is 10.6. The van der Waals surface area contributed by atoms with E-state index in [1.54, 1.807) is 0 Å². The van der Waals surface area contributed by atoms with Crippen LogP contribution in [0.25, 0.3) is 0 Å². The first-order chi connectivity index (χ1) is 7.64. The van der Waals surface area contributed by atoms with E-state index in [1.165, 1.54) is 19.3 Å². The lowest BCUT2D eigenvalue weighted by atomic mass is 9.98. The van der Waals surface area contributed by atoms with E-state index in [2.05, 4.69) is 19.2 Å². The Morgan fingerprint density at radius 1 is 1.38 bits per heavy atom. The Morgan fingerprint density at radius 3 is 2.69 bits per heavy atom. The number of rotatable bonds is 4. The van der Waals surface area contributed by atoms with Crippen LogP contribution in [-0.4, -0.2) is 29.6 Å². The minimum atomic E-state index is -0.155. The summed E-state index contributed by atoms with van der Waals surface area (Å²) >= 11 is 0. The molecule has 0 aromatic rings. The first-order valence-corrected chi connectivity index (χ1v) is 6.68. The minimum absolute atomic E-state index is 0.155. The highest BCUT2D eigenvalue weighted by Crippen LogP contribution is 2.34. The summed E-state index contributed by atoms with van der Waals surface area (Å²) in [4.78, 5) is 14.3. The van der Waals surface area contributed by atoms with Crippen LogP contribution in [0.1, 0.15) is 52.4 Å². The van der Waals surface area contributed by atoms with Gasteiger partial charge in [-0.2, -0.15) is 0 Å². The molecule has 0 bridgehead atoms. The molecule has 1 saturated heterocycles. The van der Waals surface area contributed by atoms with E-state index in [-0.39, 0.29) is 5.54 Å². The Labute approximate surface area is 98.6 Å². The summed E-state index contributed by atoms with van der Waals surface area (Å²) in [5, 5.41) is 3.45. The lowest BCUT2D eigenvalue weighted by molar-refractivity contribution is -0.132. The van der Waals surface area contributed by atoms with Gasteiger partial charge in [0.2, 0.25) is 5.91 Å². The fraction of sp³-hybridized carbons (Fsp3) is 0.923. The molecular formula is C13H24N2O. The van der Waals surface area contributed by atoms with Gasteiger partial charge < -0.3 is 4.90 Å². The molecule has 1 spiro atoms. The van der Waals surface area contributed by atoms with Gasteiger partial charge in [0.25, 0.3) is 0 Å². The molecule has 2 fully saturated rings. The highest BCUT2D eigenvalue weighted by atomic mass is 16.2. The van der Waals surface area contributed by atoms with Gasteiger partial charge in [0.15, 0.2) is 0 Å². The van der Waals surface area contributed by atoms with Gasteiger partial charge >= 0.3 is 0 Å². The summed E-state index contributed by atoms with van der Waals surface area (Å²) in [6, 6.07) is 0. The van der Waals surface area contributed by atoms with Crippen molar-refractivity contribution in [3.8, 4) is 0 Å². The Balaban J connectivity index is 1.82. The highest BCUT2D eigenvalue weighted by molar-refractivity contribution is 5.88. The molecule has 2 rings (SSSR count). The third-order valence-corrected chi connectivity index (χ3v) is 3.97. The molecule has 0 unspecified atom stereocenters. The molecule has 0 radical (unpaired) electrons. The third kappa shape index (κ3) is 2.24. The van der Waals surface area contributed by atoms with Crippen LogP contribution in [0.4, 0.5) is 0 Å². The van der Waals surface area contributed by atoms with E-state index in [4.69, 9.17) is 0 Å². The molecule has 1 aliphatic carbocycles. The number of nitrogens with one attached hydrogen (secondary N) is 1. The summed E-state index contributed by atoms with van der Waals surface area (Å²) < 4.78 is 0. The largest absolute Gasteiger partial charge is 0.328 e. The van der Waals surface area contributed by atoms with Crippen molar-refractivity contribution in [1.29, 1.82) is 0 Å². The molecule has 0 aromatic carbocycles. The molecule has 1 saturated carbocycles. The number of nitrogens with zero attached hydrogens (tertiary/aromatic N) is 1. The quantitative estimate of drug-likeness (QED) is 0.793. The van der Waals surface area contributed by atoms with Crippen LogP contribution < -0.4 is 5.32 Å². The van der Waals surface area contributed by atoms with Gasteiger partial charge in [0.1, 0.15) is 0 Å². The summed E-state index contributed by atoms with van der Waals surface area (Å²) in [5.41, 5.74) is -0.155. The molecule has 1 heterocycles. The monoisotopic (exact) mass is 224 g/mol. The maximum atomic E-state index is 12.3. The third-order valence-electron chi connectivity index (χ3n) is 3.97. The summed E-state index contributed by atoms with van der Waals surface area (Å²) in [6.45, 7) is 6.19. The first kappa shape index (κ1) is 11.9. The summed E-state index contributed by atoms with van der Waals surface area (Å²) in [6.07, 6.45) is 6.87. The van der Waals surface area contributed by atoms with E-state index in [9.17, 15) is 4.79 Å². The van der Waals surface area contributed by atoms with Crippen molar-refractivity contribution in [3.05, 3.63) is 0 Å². The SMILES string of the molecule is CC(C)CCCN1CNC2(CCCC2)C1=O. The van der Waals surface area contributed by atoms with E-state index in [0.717, 1.165) is 38.4 Å². The Kier molecular flexibility index (Phi) is 3.53. The fourth-order valence-electron chi connectivity index (χ4n) is 2.94. The van der Waals surface area contributed by atoms with Crippen molar-refractivity contribution in [2.24, 2.45) is 5.92 Å². The van der Waals surface area contributed by atoms with Gasteiger partial charge in [0, 0.05) is 6.54 Å². The number of amides is 1. The van der Waals surface area contributed by atoms with Crippen molar-refractivity contribution in [1.82, 2.24) is 10.2 Å². The molecule has 1 amide bonds. The van der Waals surface area contributed by atoms with E-state index in [1.807, 2.05) is 4.90 Å². The molecule has 1 N–H and O–H groups in total. The van der Waals surface area contributed by atoms with E-state index < -0.39 is 0 Å². The number of carbonyl (C=O) groups is 1. The van der Waals surface area contributed by atoms with Crippen molar-refractivity contribution in [3.63, 3.8) is 0 Å². The van der Waals surface area contributed by atoms with Gasteiger partial charge in [-0.25, -0.2) is 0 Å². The van der Waals surface area contributed by atoms with Gasteiger partial charge in [-0.05, 0) is 31.6 Å². The van der Waals surface area contributed by atoms with E-state index >= 15 is 0 Å². The summed E-state index contributed by atoms with van der Waals surface area (Å²) in [7, 11) is 0. The van der Waals surface area contributed by atoms with Crippen molar-refractivity contribution < 1.29 is 4.79 Å². The van der Waals surface area contributed by atoms with Gasteiger partial charge in [-0.3, -0.25) is 10.1 Å². The second-order valence-electron chi connectivity index (χ2n) is 5.73. The molecule has 16 heavy (non-hydrogen) atoms. The van der Waals surface area contributed by atoms with Crippen LogP contribution in [-0.2, 0) is 4.79 Å². The van der Waals surface area contributed by atoms with Gasteiger partial charge in [-0.1, -0.05) is 26.7 Å². The summed E-state index contributed by atoms with van der Waals surface area (Å²) in [5.74, 6) is 1.11. The lowest BCUT2D eigenvalue weighted by Gasteiger charge is -2.21. The zero-order valence-electron chi connectivity index (χ0n) is 10.6. The average Bonchev–Trinajstić information content (AvgIpc) is 2.81. The lowest BCUT2D eigenvalue weighted by Crippen LogP contribution is -2.43. The average molecular weight is 224 g/mol. The van der Waals surface area contributed by atoms with E-state index in [0.29, 0.717) is 5.91 Å². The van der Waals surface area contributed by atoms with Crippen molar-refractivity contribution >= 4 is 5.91 Å². The van der Waals surface area contributed by atoms with Crippen molar-refractivity contribution in [2.75, 3.05) is 13.2 Å². The smallest absolute Gasteiger partial charge is 0.243 e. The number of carbonyl (C=O) groups excluding carboxylic acids is 1. The predicted molar refractivity (Wildman–Crippen MR) is 65.0 cm³/mol. The second-order valence-corrected chi connectivity index (χ2v) is 5.73. The maximum absolute atomic E-state index is 12.3. The molecular weight excluding hydrogens is 200 g/mol. The van der Waals surface area contributed by atoms with Crippen LogP contribution in [0.3, 0.4) is 0 Å². The van der Waals surface area contributed by atoms with Crippen LogP contribution >= 0.6 is 0 Å². The van der Waals surface area contributed by atoms with Crippen LogP contribution in [0.15, 0.2) is 0 Å². The zero-order chi connectivity index (χ0) is 11.6. The Morgan fingerprint density at radius 2 is 2.06 bits per heavy atom. The molecule has 92 valence electrons. The molecule has 0 aromatic heterocycles. The van der Waals surface area contributed by atoms with Gasteiger partial charge in [-0.15, -0.1) is 0 Å². The molecule has 3 nitrogen and oxygen atoms in total. The normalized spacial score (nSPS) is 23.9. The first-order valence-electron chi connectivity index (χ1n) is 6.68. The number of hydrogen-bond acceptors (Lipinski definition) is 2. The van der Waals surface area contributed by atoms with Gasteiger partial charge in [0.05, 0.1) is 12.2 Å². The number of hydrogen-bond donors (Lipinski definition) is 1. The van der Waals surface area contributed by atoms with Crippen LogP contribution in [0, 0.1) is 5.92 Å². The Hall–Kier alpha value is -0.570. The topological polar surface area (TPSA) is 32.3 Å². The predicted octanol–water partition coefficient (Wildman–Crippen LogP) is 2.12. The standard InChI is InChI=1S/C13H24N2O/c1-11(2)6-5-9-15-10-14-13(12(15)16)7-3-4-8-13/h11,14H,3-10H2,1-2H3. The van der Waals surface area contributed by atoms with Crippen LogP contribution in [0.2, 0.25) is 0 Å².